The Kier molecular flexibility index (Phi) is 6.15. The zero-order valence-electron chi connectivity index (χ0n) is 14.9. The molecule has 0 fully saturated rings. The Bertz CT molecular complexity index is 692. The van der Waals surface area contributed by atoms with Gasteiger partial charge < -0.3 is 10.4 Å². The first-order valence-corrected chi connectivity index (χ1v) is 8.50. The summed E-state index contributed by atoms with van der Waals surface area (Å²) in [6.45, 7) is 9.20. The maximum atomic E-state index is 12.5. The minimum absolute atomic E-state index is 0.183. The van der Waals surface area contributed by atoms with Crippen molar-refractivity contribution in [2.45, 2.75) is 46.8 Å². The highest BCUT2D eigenvalue weighted by molar-refractivity contribution is 5.95. The zero-order valence-corrected chi connectivity index (χ0v) is 14.9. The summed E-state index contributed by atoms with van der Waals surface area (Å²) in [4.78, 5) is 12.5. The van der Waals surface area contributed by atoms with Crippen molar-refractivity contribution in [3.05, 3.63) is 52.8 Å². The van der Waals surface area contributed by atoms with Crippen LogP contribution in [0.2, 0.25) is 0 Å². The Morgan fingerprint density at radius 3 is 2.67 bits per heavy atom. The van der Waals surface area contributed by atoms with Gasteiger partial charge in [-0.15, -0.1) is 0 Å². The maximum absolute atomic E-state index is 12.5. The van der Waals surface area contributed by atoms with Crippen LogP contribution in [0, 0.1) is 12.8 Å². The van der Waals surface area contributed by atoms with Crippen molar-refractivity contribution in [1.29, 1.82) is 0 Å². The second kappa shape index (κ2) is 8.11. The first-order valence-electron chi connectivity index (χ1n) is 8.50. The highest BCUT2D eigenvalue weighted by Gasteiger charge is 2.18. The van der Waals surface area contributed by atoms with Crippen LogP contribution in [-0.4, -0.2) is 27.3 Å². The highest BCUT2D eigenvalue weighted by atomic mass is 16.3. The van der Waals surface area contributed by atoms with E-state index in [1.54, 1.807) is 6.20 Å². The van der Waals surface area contributed by atoms with E-state index in [9.17, 15) is 9.90 Å². The van der Waals surface area contributed by atoms with E-state index in [-0.39, 0.29) is 12.5 Å². The van der Waals surface area contributed by atoms with Gasteiger partial charge in [0.25, 0.3) is 5.91 Å². The quantitative estimate of drug-likeness (QED) is 0.821. The van der Waals surface area contributed by atoms with Crippen molar-refractivity contribution in [3.8, 4) is 0 Å². The van der Waals surface area contributed by atoms with E-state index in [0.717, 1.165) is 29.8 Å². The van der Waals surface area contributed by atoms with Crippen LogP contribution in [0.25, 0.3) is 0 Å². The van der Waals surface area contributed by atoms with Crippen molar-refractivity contribution in [2.24, 2.45) is 5.92 Å². The Balaban J connectivity index is 2.05. The maximum Gasteiger partial charge on any atom is 0.254 e. The molecule has 0 saturated heterocycles. The summed E-state index contributed by atoms with van der Waals surface area (Å²) in [6, 6.07) is 7.65. The van der Waals surface area contributed by atoms with Gasteiger partial charge in [-0.25, -0.2) is 0 Å². The monoisotopic (exact) mass is 329 g/mol. The number of benzene rings is 1. The normalized spacial score (nSPS) is 12.4. The fourth-order valence-corrected chi connectivity index (χ4v) is 2.83. The van der Waals surface area contributed by atoms with Gasteiger partial charge in [0, 0.05) is 13.1 Å². The number of carbonyl (C=O) groups excluding carboxylic acids is 1. The summed E-state index contributed by atoms with van der Waals surface area (Å²) >= 11 is 0. The van der Waals surface area contributed by atoms with Crippen LogP contribution in [0.5, 0.6) is 0 Å². The first kappa shape index (κ1) is 18.2. The molecule has 24 heavy (non-hydrogen) atoms. The first-order chi connectivity index (χ1) is 11.4. The zero-order chi connectivity index (χ0) is 17.7. The molecule has 0 bridgehead atoms. The third-order valence-corrected chi connectivity index (χ3v) is 4.07. The predicted molar refractivity (Wildman–Crippen MR) is 94.9 cm³/mol. The largest absolute Gasteiger partial charge is 0.387 e. The van der Waals surface area contributed by atoms with Gasteiger partial charge >= 0.3 is 0 Å². The third-order valence-electron chi connectivity index (χ3n) is 4.07. The molecule has 0 aliphatic carbocycles. The van der Waals surface area contributed by atoms with E-state index >= 15 is 0 Å². The van der Waals surface area contributed by atoms with Crippen LogP contribution >= 0.6 is 0 Å². The molecule has 0 aliphatic heterocycles. The summed E-state index contributed by atoms with van der Waals surface area (Å²) in [5, 5.41) is 17.5. The summed E-state index contributed by atoms with van der Waals surface area (Å²) in [5.74, 6) is 0.281. The minimum atomic E-state index is -0.717. The molecule has 2 rings (SSSR count). The lowest BCUT2D eigenvalue weighted by Crippen LogP contribution is -2.29. The molecule has 1 unspecified atom stereocenters. The SMILES string of the molecule is CCc1c(C(=O)NCC(O)c2ccccc2C)cnn1CC(C)C. The molecule has 1 aromatic heterocycles. The minimum Gasteiger partial charge on any atom is -0.387 e. The predicted octanol–water partition coefficient (Wildman–Crippen LogP) is 2.87. The molecule has 0 saturated carbocycles. The fraction of sp³-hybridized carbons (Fsp3) is 0.474. The Morgan fingerprint density at radius 2 is 2.04 bits per heavy atom. The lowest BCUT2D eigenvalue weighted by molar-refractivity contribution is 0.0915. The van der Waals surface area contributed by atoms with Crippen LogP contribution in [0.4, 0.5) is 0 Å². The van der Waals surface area contributed by atoms with E-state index < -0.39 is 6.10 Å². The number of nitrogens with one attached hydrogen (secondary N) is 1. The fourth-order valence-electron chi connectivity index (χ4n) is 2.83. The van der Waals surface area contributed by atoms with Crippen LogP contribution < -0.4 is 5.32 Å². The Hall–Kier alpha value is -2.14. The molecule has 1 amide bonds. The number of rotatable bonds is 7. The van der Waals surface area contributed by atoms with Crippen LogP contribution in [0.3, 0.4) is 0 Å². The molecule has 5 nitrogen and oxygen atoms in total. The summed E-state index contributed by atoms with van der Waals surface area (Å²) in [6.07, 6.45) is 1.65. The van der Waals surface area contributed by atoms with Gasteiger partial charge in [-0.1, -0.05) is 45.0 Å². The number of hydrogen-bond acceptors (Lipinski definition) is 3. The number of aliphatic hydroxyl groups is 1. The molecular weight excluding hydrogens is 302 g/mol. The number of aliphatic hydroxyl groups excluding tert-OH is 1. The second-order valence-electron chi connectivity index (χ2n) is 6.52. The highest BCUT2D eigenvalue weighted by Crippen LogP contribution is 2.17. The van der Waals surface area contributed by atoms with E-state index in [2.05, 4.69) is 24.3 Å². The molecule has 0 spiro atoms. The van der Waals surface area contributed by atoms with E-state index in [1.165, 1.54) is 0 Å². The van der Waals surface area contributed by atoms with Gasteiger partial charge in [-0.05, 0) is 30.4 Å². The smallest absolute Gasteiger partial charge is 0.254 e. The molecule has 1 heterocycles. The standard InChI is InChI=1S/C19H27N3O2/c1-5-17-16(10-21-22(17)12-13(2)3)19(24)20-11-18(23)15-9-7-6-8-14(15)4/h6-10,13,18,23H,5,11-12H2,1-4H3,(H,20,24). The van der Waals surface area contributed by atoms with Crippen LogP contribution in [0.1, 0.15) is 54.1 Å². The van der Waals surface area contributed by atoms with Crippen molar-refractivity contribution >= 4 is 5.91 Å². The van der Waals surface area contributed by atoms with Crippen LogP contribution in [0.15, 0.2) is 30.5 Å². The Morgan fingerprint density at radius 1 is 1.33 bits per heavy atom. The molecule has 2 N–H and O–H groups in total. The van der Waals surface area contributed by atoms with Crippen molar-refractivity contribution in [2.75, 3.05) is 6.54 Å². The summed E-state index contributed by atoms with van der Waals surface area (Å²) in [5.41, 5.74) is 3.38. The number of nitrogens with zero attached hydrogens (tertiary/aromatic N) is 2. The van der Waals surface area contributed by atoms with Crippen molar-refractivity contribution in [3.63, 3.8) is 0 Å². The topological polar surface area (TPSA) is 67.2 Å². The molecule has 2 aromatic rings. The Labute approximate surface area is 143 Å². The van der Waals surface area contributed by atoms with Crippen molar-refractivity contribution in [1.82, 2.24) is 15.1 Å². The third kappa shape index (κ3) is 4.23. The molecule has 0 aliphatic rings. The number of aryl methyl sites for hydroxylation is 1. The van der Waals surface area contributed by atoms with E-state index in [0.29, 0.717) is 11.5 Å². The second-order valence-corrected chi connectivity index (χ2v) is 6.52. The number of aromatic nitrogens is 2. The summed E-state index contributed by atoms with van der Waals surface area (Å²) < 4.78 is 1.90. The van der Waals surface area contributed by atoms with Gasteiger partial charge in [0.05, 0.1) is 23.6 Å². The molecule has 130 valence electrons. The van der Waals surface area contributed by atoms with Gasteiger partial charge in [-0.2, -0.15) is 5.10 Å². The summed E-state index contributed by atoms with van der Waals surface area (Å²) in [7, 11) is 0. The number of amides is 1. The molecule has 1 aromatic carbocycles. The van der Waals surface area contributed by atoms with Crippen molar-refractivity contribution < 1.29 is 9.90 Å². The van der Waals surface area contributed by atoms with Gasteiger partial charge in [0.15, 0.2) is 0 Å². The van der Waals surface area contributed by atoms with E-state index in [4.69, 9.17) is 0 Å². The lowest BCUT2D eigenvalue weighted by Gasteiger charge is -2.15. The molecule has 0 radical (unpaired) electrons. The average Bonchev–Trinajstić information content (AvgIpc) is 2.94. The van der Waals surface area contributed by atoms with Gasteiger partial charge in [0.1, 0.15) is 0 Å². The molecule has 1 atom stereocenters. The van der Waals surface area contributed by atoms with Crippen LogP contribution in [-0.2, 0) is 13.0 Å². The number of carbonyl (C=O) groups is 1. The van der Waals surface area contributed by atoms with Gasteiger partial charge in [-0.3, -0.25) is 9.48 Å². The molecule has 5 heteroatoms. The molecular formula is C19H27N3O2. The number of hydrogen-bond donors (Lipinski definition) is 2. The van der Waals surface area contributed by atoms with Gasteiger partial charge in [0.2, 0.25) is 0 Å². The van der Waals surface area contributed by atoms with E-state index in [1.807, 2.05) is 42.8 Å². The average molecular weight is 329 g/mol. The lowest BCUT2D eigenvalue weighted by atomic mass is 10.0.